The average molecular weight is 326 g/mol. The van der Waals surface area contributed by atoms with Crippen LogP contribution in [-0.2, 0) is 9.47 Å². The summed E-state index contributed by atoms with van der Waals surface area (Å²) < 4.78 is 11.8. The van der Waals surface area contributed by atoms with Crippen molar-refractivity contribution in [3.05, 3.63) is 22.4 Å². The lowest BCUT2D eigenvalue weighted by molar-refractivity contribution is -0.279. The second kappa shape index (κ2) is 4.80. The first kappa shape index (κ1) is 15.5. The topological polar surface area (TPSA) is 114 Å². The number of fused-ring (bicyclic) bond motifs is 2. The number of ether oxygens (including phenoxy) is 2. The van der Waals surface area contributed by atoms with Gasteiger partial charge in [0.2, 0.25) is 17.1 Å². The highest BCUT2D eigenvalue weighted by atomic mass is 32.1. The second-order valence-electron chi connectivity index (χ2n) is 5.78. The summed E-state index contributed by atoms with van der Waals surface area (Å²) in [4.78, 5) is 0.677. The lowest BCUT2D eigenvalue weighted by Crippen LogP contribution is -2.58. The maximum absolute atomic E-state index is 9.91. The van der Waals surface area contributed by atoms with Gasteiger partial charge in [0.1, 0.15) is 6.10 Å². The van der Waals surface area contributed by atoms with Gasteiger partial charge < -0.3 is 9.47 Å². The van der Waals surface area contributed by atoms with E-state index in [1.54, 1.807) is 19.1 Å². The second-order valence-corrected chi connectivity index (χ2v) is 6.76. The number of rotatable bonds is 2. The van der Waals surface area contributed by atoms with Gasteiger partial charge in [-0.1, -0.05) is 19.9 Å². The molecule has 0 saturated carbocycles. The molecule has 2 aliphatic heterocycles. The highest BCUT2D eigenvalue weighted by Crippen LogP contribution is 2.67. The SMILES string of the molecule is CCC12OC(=N)C(C#N)(C1C)C(C#N)(C#N)C(c1cccs1)O2. The molecule has 1 N–H and O–H groups in total. The van der Waals surface area contributed by atoms with E-state index in [9.17, 15) is 15.8 Å². The van der Waals surface area contributed by atoms with Crippen LogP contribution in [0.2, 0.25) is 0 Å². The van der Waals surface area contributed by atoms with Crippen molar-refractivity contribution in [1.29, 1.82) is 21.2 Å². The van der Waals surface area contributed by atoms with Gasteiger partial charge in [0, 0.05) is 11.3 Å². The van der Waals surface area contributed by atoms with Crippen molar-refractivity contribution in [3.8, 4) is 18.2 Å². The first-order valence-corrected chi connectivity index (χ1v) is 8.09. The van der Waals surface area contributed by atoms with Crippen molar-refractivity contribution in [1.82, 2.24) is 0 Å². The Morgan fingerprint density at radius 1 is 1.30 bits per heavy atom. The molecule has 1 aromatic heterocycles. The predicted octanol–water partition coefficient (Wildman–Crippen LogP) is 3.11. The van der Waals surface area contributed by atoms with Crippen LogP contribution in [0.4, 0.5) is 0 Å². The van der Waals surface area contributed by atoms with Crippen molar-refractivity contribution < 1.29 is 9.47 Å². The molecule has 0 amide bonds. The van der Waals surface area contributed by atoms with E-state index < -0.39 is 28.6 Å². The Bertz CT molecular complexity index is 770. The van der Waals surface area contributed by atoms with E-state index in [2.05, 4.69) is 6.07 Å². The van der Waals surface area contributed by atoms with Crippen LogP contribution in [-0.4, -0.2) is 11.7 Å². The van der Waals surface area contributed by atoms with Crippen LogP contribution in [0.25, 0.3) is 0 Å². The molecule has 4 atom stereocenters. The van der Waals surface area contributed by atoms with E-state index in [1.165, 1.54) is 11.3 Å². The molecule has 2 bridgehead atoms. The Kier molecular flexibility index (Phi) is 3.23. The molecule has 2 aliphatic rings. The van der Waals surface area contributed by atoms with Crippen molar-refractivity contribution >= 4 is 17.2 Å². The lowest BCUT2D eigenvalue weighted by Gasteiger charge is -2.48. The summed E-state index contributed by atoms with van der Waals surface area (Å²) in [5.41, 5.74) is -3.49. The number of thiophene rings is 1. The van der Waals surface area contributed by atoms with Crippen LogP contribution in [0.5, 0.6) is 0 Å². The minimum absolute atomic E-state index is 0.350. The van der Waals surface area contributed by atoms with Crippen LogP contribution in [0.15, 0.2) is 17.5 Å². The fourth-order valence-corrected chi connectivity index (χ4v) is 4.56. The third-order valence-electron chi connectivity index (χ3n) is 5.10. The molecule has 4 unspecified atom stereocenters. The molecule has 2 saturated heterocycles. The zero-order chi connectivity index (χ0) is 16.9. The molecular weight excluding hydrogens is 312 g/mol. The number of hydrogen-bond donors (Lipinski definition) is 1. The minimum atomic E-state index is -1.84. The summed E-state index contributed by atoms with van der Waals surface area (Å²) >= 11 is 1.35. The lowest BCUT2D eigenvalue weighted by atomic mass is 9.54. The minimum Gasteiger partial charge on any atom is -0.447 e. The monoisotopic (exact) mass is 326 g/mol. The van der Waals surface area contributed by atoms with Crippen molar-refractivity contribution in [2.45, 2.75) is 32.2 Å². The Labute approximate surface area is 138 Å². The van der Waals surface area contributed by atoms with Gasteiger partial charge in [-0.05, 0) is 11.4 Å². The number of hydrogen-bond acceptors (Lipinski definition) is 7. The molecular formula is C16H14N4O2S. The van der Waals surface area contributed by atoms with Gasteiger partial charge in [-0.15, -0.1) is 11.3 Å². The molecule has 2 fully saturated rings. The third-order valence-corrected chi connectivity index (χ3v) is 6.01. The van der Waals surface area contributed by atoms with E-state index in [0.29, 0.717) is 11.3 Å². The zero-order valence-electron chi connectivity index (χ0n) is 12.7. The molecule has 0 aliphatic carbocycles. The third kappa shape index (κ3) is 1.50. The predicted molar refractivity (Wildman–Crippen MR) is 80.8 cm³/mol. The fraction of sp³-hybridized carbons (Fsp3) is 0.500. The molecule has 0 aromatic carbocycles. The molecule has 6 nitrogen and oxygen atoms in total. The van der Waals surface area contributed by atoms with Gasteiger partial charge in [-0.3, -0.25) is 5.41 Å². The summed E-state index contributed by atoms with van der Waals surface area (Å²) in [7, 11) is 0. The summed E-state index contributed by atoms with van der Waals surface area (Å²) in [6.07, 6.45) is -0.523. The first-order chi connectivity index (χ1) is 11.0. The van der Waals surface area contributed by atoms with Gasteiger partial charge in [-0.2, -0.15) is 15.8 Å². The molecule has 7 heteroatoms. The van der Waals surface area contributed by atoms with Crippen LogP contribution in [0.1, 0.15) is 31.2 Å². The van der Waals surface area contributed by atoms with Gasteiger partial charge in [0.15, 0.2) is 5.41 Å². The number of nitriles is 3. The Morgan fingerprint density at radius 3 is 2.48 bits per heavy atom. The van der Waals surface area contributed by atoms with E-state index in [0.717, 1.165) is 0 Å². The van der Waals surface area contributed by atoms with Gasteiger partial charge in [-0.25, -0.2) is 0 Å². The van der Waals surface area contributed by atoms with Crippen LogP contribution < -0.4 is 0 Å². The fourth-order valence-electron chi connectivity index (χ4n) is 3.74. The standard InChI is InChI=1S/C16H14N4O2S/c1-3-16-10(2)15(9-19,13(20)22-16)14(7-17,8-18)12(21-16)11-5-4-6-23-11/h4-6,10,12,20H,3H2,1-2H3. The van der Waals surface area contributed by atoms with E-state index in [1.807, 2.05) is 24.4 Å². The molecule has 23 heavy (non-hydrogen) atoms. The summed E-state index contributed by atoms with van der Waals surface area (Å²) in [5.74, 6) is -2.12. The van der Waals surface area contributed by atoms with Crippen molar-refractivity contribution in [2.24, 2.45) is 16.7 Å². The van der Waals surface area contributed by atoms with Gasteiger partial charge in [0.05, 0.1) is 24.1 Å². The van der Waals surface area contributed by atoms with E-state index in [4.69, 9.17) is 14.9 Å². The zero-order valence-corrected chi connectivity index (χ0v) is 13.5. The summed E-state index contributed by atoms with van der Waals surface area (Å²) in [6.45, 7) is 3.55. The first-order valence-electron chi connectivity index (χ1n) is 7.21. The van der Waals surface area contributed by atoms with Crippen molar-refractivity contribution in [2.75, 3.05) is 0 Å². The number of nitrogens with zero attached hydrogens (tertiary/aromatic N) is 3. The van der Waals surface area contributed by atoms with E-state index >= 15 is 0 Å². The van der Waals surface area contributed by atoms with Gasteiger partial charge in [0.25, 0.3) is 0 Å². The Hall–Kier alpha value is -2.40. The molecule has 116 valence electrons. The summed E-state index contributed by atoms with van der Waals surface area (Å²) in [5, 5.41) is 39.7. The van der Waals surface area contributed by atoms with Crippen LogP contribution >= 0.6 is 11.3 Å². The molecule has 3 heterocycles. The Balaban J connectivity index is 2.35. The summed E-state index contributed by atoms with van der Waals surface area (Å²) in [6, 6.07) is 9.66. The van der Waals surface area contributed by atoms with Crippen LogP contribution in [0.3, 0.4) is 0 Å². The molecule has 0 radical (unpaired) electrons. The molecule has 0 spiro atoms. The normalized spacial score (nSPS) is 37.3. The average Bonchev–Trinajstić information content (AvgIpc) is 3.14. The smallest absolute Gasteiger partial charge is 0.217 e. The molecule has 1 aromatic rings. The van der Waals surface area contributed by atoms with Gasteiger partial charge >= 0.3 is 0 Å². The number of nitrogens with one attached hydrogen (secondary N) is 1. The highest BCUT2D eigenvalue weighted by Gasteiger charge is 2.79. The quantitative estimate of drug-likeness (QED) is 0.896. The Morgan fingerprint density at radius 2 is 2.00 bits per heavy atom. The van der Waals surface area contributed by atoms with Crippen LogP contribution in [0, 0.1) is 56.2 Å². The molecule has 3 rings (SSSR count). The van der Waals surface area contributed by atoms with E-state index in [-0.39, 0.29) is 5.90 Å². The maximum atomic E-state index is 9.91. The highest BCUT2D eigenvalue weighted by molar-refractivity contribution is 7.10. The van der Waals surface area contributed by atoms with Crippen molar-refractivity contribution in [3.63, 3.8) is 0 Å². The maximum Gasteiger partial charge on any atom is 0.217 e. The largest absolute Gasteiger partial charge is 0.447 e.